The maximum absolute atomic E-state index is 11.7. The van der Waals surface area contributed by atoms with E-state index in [4.69, 9.17) is 5.73 Å². The van der Waals surface area contributed by atoms with Crippen LogP contribution in [-0.4, -0.2) is 16.9 Å². The van der Waals surface area contributed by atoms with E-state index < -0.39 is 6.04 Å². The van der Waals surface area contributed by atoms with Gasteiger partial charge in [-0.05, 0) is 24.0 Å². The number of carbonyl (C=O) groups excluding carboxylic acids is 1. The molecule has 0 fully saturated rings. The van der Waals surface area contributed by atoms with E-state index in [0.717, 1.165) is 17.7 Å². The first-order valence-electron chi connectivity index (χ1n) is 6.02. The van der Waals surface area contributed by atoms with Gasteiger partial charge in [-0.2, -0.15) is 0 Å². The summed E-state index contributed by atoms with van der Waals surface area (Å²) in [5.74, 6) is 0.0251. The molecular weight excluding hydrogens is 214 g/mol. The summed E-state index contributed by atoms with van der Waals surface area (Å²) in [5, 5.41) is 2.83. The monoisotopic (exact) mass is 235 g/mol. The molecule has 0 saturated heterocycles. The number of nitrogens with zero attached hydrogens (tertiary/aromatic N) is 1. The molecule has 1 aromatic heterocycles. The Morgan fingerprint density at radius 3 is 2.82 bits per heavy atom. The Morgan fingerprint density at radius 2 is 2.24 bits per heavy atom. The minimum atomic E-state index is -0.455. The Bertz CT molecular complexity index is 377. The number of aryl methyl sites for hydroxylation is 1. The van der Waals surface area contributed by atoms with Crippen LogP contribution in [0.3, 0.4) is 0 Å². The lowest BCUT2D eigenvalue weighted by Gasteiger charge is -2.15. The van der Waals surface area contributed by atoms with Crippen LogP contribution >= 0.6 is 0 Å². The van der Waals surface area contributed by atoms with Gasteiger partial charge in [0.05, 0.1) is 18.3 Å². The zero-order chi connectivity index (χ0) is 12.8. The maximum atomic E-state index is 11.7. The molecule has 0 radical (unpaired) electrons. The van der Waals surface area contributed by atoms with Crippen LogP contribution in [0.15, 0.2) is 18.3 Å². The molecule has 1 unspecified atom stereocenters. The standard InChI is InChI=1S/C13H21N3O/c1-4-10-6-5-7-15-11(10)8-16-13(17)12(14)9(2)3/h5-7,9,12H,4,8,14H2,1-3H3,(H,16,17). The molecule has 1 amide bonds. The summed E-state index contributed by atoms with van der Waals surface area (Å²) >= 11 is 0. The average molecular weight is 235 g/mol. The van der Waals surface area contributed by atoms with Crippen LogP contribution in [0.4, 0.5) is 0 Å². The molecule has 0 bridgehead atoms. The molecule has 1 rings (SSSR count). The summed E-state index contributed by atoms with van der Waals surface area (Å²) in [6.07, 6.45) is 2.65. The molecule has 17 heavy (non-hydrogen) atoms. The lowest BCUT2D eigenvalue weighted by Crippen LogP contribution is -2.43. The van der Waals surface area contributed by atoms with Crippen LogP contribution in [0, 0.1) is 5.92 Å². The zero-order valence-corrected chi connectivity index (χ0v) is 10.7. The first kappa shape index (κ1) is 13.6. The number of hydrogen-bond donors (Lipinski definition) is 2. The van der Waals surface area contributed by atoms with Crippen LogP contribution in [0.2, 0.25) is 0 Å². The quantitative estimate of drug-likeness (QED) is 0.807. The van der Waals surface area contributed by atoms with Crippen LogP contribution in [0.25, 0.3) is 0 Å². The first-order chi connectivity index (χ1) is 8.06. The fraction of sp³-hybridized carbons (Fsp3) is 0.538. The molecule has 0 spiro atoms. The van der Waals surface area contributed by atoms with Crippen molar-refractivity contribution in [2.75, 3.05) is 0 Å². The summed E-state index contributed by atoms with van der Waals surface area (Å²) in [4.78, 5) is 16.0. The van der Waals surface area contributed by atoms with E-state index in [1.54, 1.807) is 6.20 Å². The van der Waals surface area contributed by atoms with Crippen molar-refractivity contribution in [2.24, 2.45) is 11.7 Å². The molecule has 0 saturated carbocycles. The molecule has 94 valence electrons. The van der Waals surface area contributed by atoms with Gasteiger partial charge in [-0.1, -0.05) is 26.8 Å². The first-order valence-corrected chi connectivity index (χ1v) is 6.02. The highest BCUT2D eigenvalue weighted by Crippen LogP contribution is 2.06. The van der Waals surface area contributed by atoms with Crippen molar-refractivity contribution in [3.8, 4) is 0 Å². The number of aromatic nitrogens is 1. The Morgan fingerprint density at radius 1 is 1.53 bits per heavy atom. The van der Waals surface area contributed by atoms with Crippen molar-refractivity contribution in [3.63, 3.8) is 0 Å². The van der Waals surface area contributed by atoms with Gasteiger partial charge in [0.15, 0.2) is 0 Å². The lowest BCUT2D eigenvalue weighted by atomic mass is 10.0. The number of nitrogens with two attached hydrogens (primary N) is 1. The summed E-state index contributed by atoms with van der Waals surface area (Å²) in [6, 6.07) is 3.48. The molecule has 1 atom stereocenters. The van der Waals surface area contributed by atoms with Gasteiger partial charge in [0.2, 0.25) is 5.91 Å². The van der Waals surface area contributed by atoms with Gasteiger partial charge >= 0.3 is 0 Å². The largest absolute Gasteiger partial charge is 0.349 e. The van der Waals surface area contributed by atoms with Gasteiger partial charge in [0, 0.05) is 6.20 Å². The highest BCUT2D eigenvalue weighted by Gasteiger charge is 2.16. The van der Waals surface area contributed by atoms with Gasteiger partial charge in [0.1, 0.15) is 0 Å². The third kappa shape index (κ3) is 3.82. The highest BCUT2D eigenvalue weighted by molar-refractivity contribution is 5.81. The topological polar surface area (TPSA) is 68.0 Å². The van der Waals surface area contributed by atoms with E-state index in [9.17, 15) is 4.79 Å². The van der Waals surface area contributed by atoms with E-state index in [-0.39, 0.29) is 11.8 Å². The van der Waals surface area contributed by atoms with E-state index in [2.05, 4.69) is 17.2 Å². The molecule has 4 nitrogen and oxygen atoms in total. The Labute approximate surface area is 103 Å². The molecule has 0 aliphatic heterocycles. The second kappa shape index (κ2) is 6.35. The number of nitrogens with one attached hydrogen (secondary N) is 1. The van der Waals surface area contributed by atoms with Crippen molar-refractivity contribution in [2.45, 2.75) is 39.8 Å². The van der Waals surface area contributed by atoms with Crippen molar-refractivity contribution in [3.05, 3.63) is 29.6 Å². The van der Waals surface area contributed by atoms with Gasteiger partial charge in [-0.25, -0.2) is 0 Å². The van der Waals surface area contributed by atoms with Crippen LogP contribution in [0.5, 0.6) is 0 Å². The lowest BCUT2D eigenvalue weighted by molar-refractivity contribution is -0.123. The third-order valence-electron chi connectivity index (χ3n) is 2.82. The van der Waals surface area contributed by atoms with Gasteiger partial charge in [-0.3, -0.25) is 9.78 Å². The van der Waals surface area contributed by atoms with E-state index in [1.807, 2.05) is 26.0 Å². The smallest absolute Gasteiger partial charge is 0.237 e. The number of pyridine rings is 1. The average Bonchev–Trinajstić information content (AvgIpc) is 2.35. The van der Waals surface area contributed by atoms with Crippen LogP contribution in [-0.2, 0) is 17.8 Å². The number of carbonyl (C=O) groups is 1. The number of amides is 1. The molecule has 0 aromatic carbocycles. The zero-order valence-electron chi connectivity index (χ0n) is 10.7. The predicted molar refractivity (Wildman–Crippen MR) is 68.3 cm³/mol. The minimum Gasteiger partial charge on any atom is -0.349 e. The van der Waals surface area contributed by atoms with E-state index >= 15 is 0 Å². The molecule has 1 heterocycles. The van der Waals surface area contributed by atoms with Gasteiger partial charge in [-0.15, -0.1) is 0 Å². The molecule has 0 aliphatic carbocycles. The summed E-state index contributed by atoms with van der Waals surface area (Å²) in [7, 11) is 0. The molecular formula is C13H21N3O. The minimum absolute atomic E-state index is 0.118. The predicted octanol–water partition coefficient (Wildman–Crippen LogP) is 1.24. The van der Waals surface area contributed by atoms with Gasteiger partial charge in [0.25, 0.3) is 0 Å². The number of hydrogen-bond acceptors (Lipinski definition) is 3. The third-order valence-corrected chi connectivity index (χ3v) is 2.82. The molecule has 0 aliphatic rings. The van der Waals surface area contributed by atoms with E-state index in [1.165, 1.54) is 0 Å². The normalized spacial score (nSPS) is 12.5. The maximum Gasteiger partial charge on any atom is 0.237 e. The Hall–Kier alpha value is -1.42. The van der Waals surface area contributed by atoms with Crippen molar-refractivity contribution in [1.29, 1.82) is 0 Å². The summed E-state index contributed by atoms with van der Waals surface area (Å²) in [6.45, 7) is 6.39. The summed E-state index contributed by atoms with van der Waals surface area (Å²) in [5.41, 5.74) is 7.84. The second-order valence-corrected chi connectivity index (χ2v) is 4.45. The highest BCUT2D eigenvalue weighted by atomic mass is 16.2. The Balaban J connectivity index is 2.58. The molecule has 1 aromatic rings. The second-order valence-electron chi connectivity index (χ2n) is 4.45. The van der Waals surface area contributed by atoms with Gasteiger partial charge < -0.3 is 11.1 Å². The SMILES string of the molecule is CCc1cccnc1CNC(=O)C(N)C(C)C. The Kier molecular flexibility index (Phi) is 5.10. The molecule has 3 N–H and O–H groups in total. The van der Waals surface area contributed by atoms with Crippen LogP contribution in [0.1, 0.15) is 32.0 Å². The summed E-state index contributed by atoms with van der Waals surface area (Å²) < 4.78 is 0. The van der Waals surface area contributed by atoms with E-state index in [0.29, 0.717) is 6.54 Å². The van der Waals surface area contributed by atoms with Crippen molar-refractivity contribution >= 4 is 5.91 Å². The van der Waals surface area contributed by atoms with Crippen molar-refractivity contribution < 1.29 is 4.79 Å². The van der Waals surface area contributed by atoms with Crippen LogP contribution < -0.4 is 11.1 Å². The number of rotatable bonds is 5. The fourth-order valence-electron chi connectivity index (χ4n) is 1.54. The molecule has 4 heteroatoms. The van der Waals surface area contributed by atoms with Crippen molar-refractivity contribution in [1.82, 2.24) is 10.3 Å². The fourth-order valence-corrected chi connectivity index (χ4v) is 1.54.